The molecule has 0 aliphatic carbocycles. The molecule has 1 saturated heterocycles. The van der Waals surface area contributed by atoms with Crippen LogP contribution in [0.15, 0.2) is 12.1 Å². The van der Waals surface area contributed by atoms with Gasteiger partial charge in [0.1, 0.15) is 0 Å². The van der Waals surface area contributed by atoms with Crippen LogP contribution >= 0.6 is 0 Å². The summed E-state index contributed by atoms with van der Waals surface area (Å²) in [4.78, 5) is 6.94. The zero-order chi connectivity index (χ0) is 14.9. The van der Waals surface area contributed by atoms with Gasteiger partial charge in [0.25, 0.3) is 0 Å². The smallest absolute Gasteiger partial charge is 0.0615 e. The minimum Gasteiger partial charge on any atom is -0.397 e. The third-order valence-corrected chi connectivity index (χ3v) is 4.36. The van der Waals surface area contributed by atoms with Gasteiger partial charge < -0.3 is 20.4 Å². The fraction of sp³-hybridized carbons (Fsp3) is 0.625. The van der Waals surface area contributed by atoms with Crippen molar-refractivity contribution in [3.05, 3.63) is 17.7 Å². The second-order valence-corrected chi connectivity index (χ2v) is 6.27. The lowest BCUT2D eigenvalue weighted by atomic mass is 10.0. The molecule has 0 amide bonds. The van der Waals surface area contributed by atoms with E-state index in [0.29, 0.717) is 6.04 Å². The van der Waals surface area contributed by atoms with Gasteiger partial charge in [0, 0.05) is 38.9 Å². The minimum atomic E-state index is 0.716. The molecule has 0 spiro atoms. The number of piperidine rings is 1. The van der Waals surface area contributed by atoms with Crippen molar-refractivity contribution < 1.29 is 0 Å². The summed E-state index contributed by atoms with van der Waals surface area (Å²) in [5, 5.41) is 0. The Morgan fingerprint density at radius 3 is 2.20 bits per heavy atom. The molecule has 1 fully saturated rings. The van der Waals surface area contributed by atoms with Crippen LogP contribution in [0.2, 0.25) is 0 Å². The number of nitrogens with two attached hydrogens (primary N) is 1. The normalized spacial score (nSPS) is 16.8. The van der Waals surface area contributed by atoms with Crippen LogP contribution in [0.1, 0.15) is 18.4 Å². The van der Waals surface area contributed by atoms with Gasteiger partial charge >= 0.3 is 0 Å². The topological polar surface area (TPSA) is 35.7 Å². The van der Waals surface area contributed by atoms with E-state index < -0.39 is 0 Å². The van der Waals surface area contributed by atoms with Gasteiger partial charge in [-0.25, -0.2) is 0 Å². The van der Waals surface area contributed by atoms with E-state index in [4.69, 9.17) is 5.73 Å². The van der Waals surface area contributed by atoms with Crippen molar-refractivity contribution in [2.24, 2.45) is 0 Å². The summed E-state index contributed by atoms with van der Waals surface area (Å²) >= 11 is 0. The Kier molecular flexibility index (Phi) is 4.43. The van der Waals surface area contributed by atoms with Crippen molar-refractivity contribution in [2.45, 2.75) is 25.8 Å². The van der Waals surface area contributed by atoms with Gasteiger partial charge in [-0.05, 0) is 51.6 Å². The van der Waals surface area contributed by atoms with Gasteiger partial charge in [-0.15, -0.1) is 0 Å². The maximum absolute atomic E-state index is 6.12. The van der Waals surface area contributed by atoms with Crippen LogP contribution in [0.3, 0.4) is 0 Å². The molecule has 20 heavy (non-hydrogen) atoms. The monoisotopic (exact) mass is 276 g/mol. The first-order chi connectivity index (χ1) is 9.40. The van der Waals surface area contributed by atoms with Crippen molar-refractivity contribution in [2.75, 3.05) is 56.8 Å². The Labute approximate surface area is 123 Å². The van der Waals surface area contributed by atoms with E-state index in [-0.39, 0.29) is 0 Å². The summed E-state index contributed by atoms with van der Waals surface area (Å²) in [6.07, 6.45) is 2.46. The van der Waals surface area contributed by atoms with Crippen LogP contribution in [0.25, 0.3) is 0 Å². The van der Waals surface area contributed by atoms with E-state index in [9.17, 15) is 0 Å². The van der Waals surface area contributed by atoms with Crippen molar-refractivity contribution in [1.82, 2.24) is 4.90 Å². The minimum absolute atomic E-state index is 0.716. The van der Waals surface area contributed by atoms with E-state index in [1.54, 1.807) is 0 Å². The van der Waals surface area contributed by atoms with Crippen LogP contribution in [-0.4, -0.2) is 52.2 Å². The second kappa shape index (κ2) is 5.92. The number of benzene rings is 1. The summed E-state index contributed by atoms with van der Waals surface area (Å²) in [5.41, 5.74) is 10.7. The first-order valence-corrected chi connectivity index (χ1v) is 7.39. The van der Waals surface area contributed by atoms with Gasteiger partial charge in [0.2, 0.25) is 0 Å². The molecule has 1 aromatic carbocycles. The maximum atomic E-state index is 6.12. The molecule has 2 rings (SSSR count). The molecule has 4 nitrogen and oxygen atoms in total. The van der Waals surface area contributed by atoms with Gasteiger partial charge in [0.15, 0.2) is 0 Å². The summed E-state index contributed by atoms with van der Waals surface area (Å²) in [5.74, 6) is 0. The molecule has 1 heterocycles. The Hall–Kier alpha value is -1.42. The summed E-state index contributed by atoms with van der Waals surface area (Å²) < 4.78 is 0. The Morgan fingerprint density at radius 1 is 1.10 bits per heavy atom. The Morgan fingerprint density at radius 2 is 1.70 bits per heavy atom. The number of aryl methyl sites for hydroxylation is 1. The van der Waals surface area contributed by atoms with Crippen LogP contribution in [0.5, 0.6) is 0 Å². The van der Waals surface area contributed by atoms with E-state index in [1.165, 1.54) is 24.1 Å². The van der Waals surface area contributed by atoms with Crippen LogP contribution in [-0.2, 0) is 0 Å². The lowest BCUT2D eigenvalue weighted by Crippen LogP contribution is -2.42. The molecule has 2 N–H and O–H groups in total. The van der Waals surface area contributed by atoms with E-state index in [1.807, 2.05) is 14.1 Å². The first kappa shape index (κ1) is 15.0. The molecule has 0 aromatic heterocycles. The molecular formula is C16H28N4. The fourth-order valence-corrected chi connectivity index (χ4v) is 3.06. The summed E-state index contributed by atoms with van der Waals surface area (Å²) in [6.45, 7) is 4.41. The maximum Gasteiger partial charge on any atom is 0.0615 e. The number of nitrogen functional groups attached to an aromatic ring is 1. The molecule has 0 bridgehead atoms. The van der Waals surface area contributed by atoms with Gasteiger partial charge in [-0.3, -0.25) is 0 Å². The lowest BCUT2D eigenvalue weighted by Gasteiger charge is -2.37. The quantitative estimate of drug-likeness (QED) is 0.858. The van der Waals surface area contributed by atoms with Crippen molar-refractivity contribution in [3.63, 3.8) is 0 Å². The molecular weight excluding hydrogens is 248 g/mol. The number of anilines is 3. The Bertz CT molecular complexity index is 460. The Balaban J connectivity index is 2.19. The highest BCUT2D eigenvalue weighted by atomic mass is 15.2. The van der Waals surface area contributed by atoms with Crippen molar-refractivity contribution >= 4 is 17.1 Å². The van der Waals surface area contributed by atoms with Gasteiger partial charge in [-0.2, -0.15) is 0 Å². The number of hydrogen-bond acceptors (Lipinski definition) is 4. The van der Waals surface area contributed by atoms with Crippen molar-refractivity contribution in [3.8, 4) is 0 Å². The van der Waals surface area contributed by atoms with Crippen molar-refractivity contribution in [1.29, 1.82) is 0 Å². The van der Waals surface area contributed by atoms with Crippen LogP contribution in [0, 0.1) is 6.92 Å². The third-order valence-electron chi connectivity index (χ3n) is 4.36. The van der Waals surface area contributed by atoms with Crippen LogP contribution < -0.4 is 15.5 Å². The average Bonchev–Trinajstić information content (AvgIpc) is 2.38. The van der Waals surface area contributed by atoms with E-state index in [0.717, 1.165) is 24.5 Å². The van der Waals surface area contributed by atoms with Crippen LogP contribution in [0.4, 0.5) is 17.1 Å². The molecule has 0 atom stereocenters. The van der Waals surface area contributed by atoms with E-state index >= 15 is 0 Å². The largest absolute Gasteiger partial charge is 0.397 e. The van der Waals surface area contributed by atoms with E-state index in [2.05, 4.69) is 47.9 Å². The SMILES string of the molecule is Cc1cc(N)c(N(C)C)cc1N1CCC(N(C)C)CC1. The zero-order valence-electron chi connectivity index (χ0n) is 13.5. The highest BCUT2D eigenvalue weighted by Gasteiger charge is 2.22. The first-order valence-electron chi connectivity index (χ1n) is 7.39. The number of nitrogens with zero attached hydrogens (tertiary/aromatic N) is 3. The fourth-order valence-electron chi connectivity index (χ4n) is 3.06. The molecule has 0 saturated carbocycles. The third kappa shape index (κ3) is 3.01. The molecule has 1 aliphatic rings. The highest BCUT2D eigenvalue weighted by Crippen LogP contribution is 2.33. The zero-order valence-corrected chi connectivity index (χ0v) is 13.5. The van der Waals surface area contributed by atoms with Gasteiger partial charge in [-0.1, -0.05) is 0 Å². The number of hydrogen-bond donors (Lipinski definition) is 1. The molecule has 1 aliphatic heterocycles. The molecule has 4 heteroatoms. The standard InChI is InChI=1S/C16H28N4/c1-12-10-14(17)16(19(4)5)11-15(12)20-8-6-13(7-9-20)18(2)3/h10-11,13H,6-9,17H2,1-5H3. The predicted molar refractivity (Wildman–Crippen MR) is 88.8 cm³/mol. The predicted octanol–water partition coefficient (Wildman–Crippen LogP) is 2.17. The average molecular weight is 276 g/mol. The summed E-state index contributed by atoms with van der Waals surface area (Å²) in [6, 6.07) is 5.05. The molecule has 0 radical (unpaired) electrons. The number of rotatable bonds is 3. The van der Waals surface area contributed by atoms with Gasteiger partial charge in [0.05, 0.1) is 11.4 Å². The second-order valence-electron chi connectivity index (χ2n) is 6.27. The molecule has 1 aromatic rings. The molecule has 112 valence electrons. The lowest BCUT2D eigenvalue weighted by molar-refractivity contribution is 0.249. The summed E-state index contributed by atoms with van der Waals surface area (Å²) in [7, 11) is 8.45. The molecule has 0 unspecified atom stereocenters. The highest BCUT2D eigenvalue weighted by molar-refractivity contribution is 5.75.